The summed E-state index contributed by atoms with van der Waals surface area (Å²) in [6.07, 6.45) is 61.8. The molecule has 0 aliphatic carbocycles. The third-order valence-electron chi connectivity index (χ3n) is 13.0. The van der Waals surface area contributed by atoms with Gasteiger partial charge in [0, 0.05) is 19.3 Å². The summed E-state index contributed by atoms with van der Waals surface area (Å²) >= 11 is 0. The van der Waals surface area contributed by atoms with Crippen molar-refractivity contribution in [2.45, 2.75) is 263 Å². The van der Waals surface area contributed by atoms with Crippen LogP contribution in [0.2, 0.25) is 0 Å². The van der Waals surface area contributed by atoms with Crippen molar-refractivity contribution in [2.75, 3.05) is 13.2 Å². The second-order valence-electron chi connectivity index (χ2n) is 20.2. The molecule has 6 unspecified atom stereocenters. The zero-order valence-electron chi connectivity index (χ0n) is 49.1. The molecule has 3 N–H and O–H groups in total. The molecular formula is C67H106O12. The third-order valence-corrected chi connectivity index (χ3v) is 13.0. The maximum absolute atomic E-state index is 13.1. The number of carbonyl (C=O) groups is 4. The first-order valence-electron chi connectivity index (χ1n) is 30.5. The van der Waals surface area contributed by atoms with E-state index in [1.54, 1.807) is 0 Å². The van der Waals surface area contributed by atoms with E-state index in [0.717, 1.165) is 135 Å². The molecule has 446 valence electrons. The molecular weight excluding hydrogens is 997 g/mol. The van der Waals surface area contributed by atoms with Gasteiger partial charge in [-0.05, 0) is 116 Å². The van der Waals surface area contributed by atoms with Gasteiger partial charge in [0.2, 0.25) is 0 Å². The molecule has 0 spiro atoms. The molecule has 0 amide bonds. The summed E-state index contributed by atoms with van der Waals surface area (Å²) in [5.41, 5.74) is 0. The molecule has 1 rings (SSSR count). The fourth-order valence-electron chi connectivity index (χ4n) is 8.32. The van der Waals surface area contributed by atoms with Crippen molar-refractivity contribution in [3.05, 3.63) is 122 Å². The Hall–Kier alpha value is -4.88. The molecule has 1 heterocycles. The number of carboxylic acid groups (broad SMARTS) is 1. The van der Waals surface area contributed by atoms with Gasteiger partial charge in [0.25, 0.3) is 0 Å². The first-order valence-corrected chi connectivity index (χ1v) is 30.5. The number of unbranched alkanes of at least 4 members (excludes halogenated alkanes) is 16. The number of allylic oxidation sites excluding steroid dienone is 20. The van der Waals surface area contributed by atoms with Crippen LogP contribution in [0.4, 0.5) is 0 Å². The quantitative estimate of drug-likeness (QED) is 0.0228. The Morgan fingerprint density at radius 3 is 1.32 bits per heavy atom. The third kappa shape index (κ3) is 43.6. The van der Waals surface area contributed by atoms with Crippen molar-refractivity contribution in [1.82, 2.24) is 0 Å². The van der Waals surface area contributed by atoms with Crippen molar-refractivity contribution in [1.29, 1.82) is 0 Å². The number of carbonyl (C=O) groups excluding carboxylic acids is 3. The highest BCUT2D eigenvalue weighted by molar-refractivity contribution is 5.74. The number of aliphatic hydroxyl groups excluding tert-OH is 2. The molecule has 6 atom stereocenters. The minimum absolute atomic E-state index is 0.0319. The number of aliphatic carboxylic acids is 1. The molecule has 0 bridgehead atoms. The lowest BCUT2D eigenvalue weighted by atomic mass is 9.98. The second-order valence-corrected chi connectivity index (χ2v) is 20.2. The molecule has 0 saturated carbocycles. The standard InChI is InChI=1S/C67H106O12/c1-4-7-10-13-16-19-22-24-26-28-30-32-34-36-39-41-44-47-50-53-59(68)75-56-58(77-60(69)54-51-48-45-42-38-21-18-15-12-9-6-3)57-76-67-65(63(72)62(71)64(79-67)66(73)74)78-61(70)55-52-49-46-43-40-37-35-33-31-29-27-25-23-20-17-14-11-8-5-2/h7,10,15-20,24-27,30-33,36,39,44,47,58,62-65,67,71-72H,4-6,8-9,11-14,21-23,28-29,34-35,37-38,40-43,45-46,48-57H2,1-3H3,(H,73,74)/b10-7-,18-15-,19-16-,20-17-,26-24-,27-25-,32-30-,33-31-,39-36-,47-44-. The van der Waals surface area contributed by atoms with Crippen LogP contribution in [0.5, 0.6) is 0 Å². The minimum atomic E-state index is -1.92. The van der Waals surface area contributed by atoms with Crippen LogP contribution in [0.25, 0.3) is 0 Å². The first kappa shape index (κ1) is 72.1. The molecule has 1 fully saturated rings. The summed E-state index contributed by atoms with van der Waals surface area (Å²) < 4.78 is 28.3. The van der Waals surface area contributed by atoms with Gasteiger partial charge in [0.15, 0.2) is 24.6 Å². The van der Waals surface area contributed by atoms with E-state index in [9.17, 15) is 34.5 Å². The van der Waals surface area contributed by atoms with Crippen molar-refractivity contribution in [3.8, 4) is 0 Å². The average molecular weight is 1100 g/mol. The van der Waals surface area contributed by atoms with E-state index in [4.69, 9.17) is 23.7 Å². The summed E-state index contributed by atoms with van der Waals surface area (Å²) in [6.45, 7) is 5.72. The van der Waals surface area contributed by atoms with Gasteiger partial charge in [-0.3, -0.25) is 14.4 Å². The summed E-state index contributed by atoms with van der Waals surface area (Å²) in [5, 5.41) is 31.5. The number of hydrogen-bond donors (Lipinski definition) is 3. The Morgan fingerprint density at radius 1 is 0.430 bits per heavy atom. The Morgan fingerprint density at radius 2 is 0.835 bits per heavy atom. The highest BCUT2D eigenvalue weighted by Gasteiger charge is 2.50. The predicted molar refractivity (Wildman–Crippen MR) is 321 cm³/mol. The van der Waals surface area contributed by atoms with Gasteiger partial charge in [-0.25, -0.2) is 4.79 Å². The highest BCUT2D eigenvalue weighted by Crippen LogP contribution is 2.26. The summed E-state index contributed by atoms with van der Waals surface area (Å²) in [6, 6.07) is 0. The molecule has 0 aromatic rings. The van der Waals surface area contributed by atoms with E-state index in [-0.39, 0.29) is 25.9 Å². The fraction of sp³-hybridized carbons (Fsp3) is 0.642. The van der Waals surface area contributed by atoms with Crippen LogP contribution >= 0.6 is 0 Å². The maximum Gasteiger partial charge on any atom is 0.335 e. The van der Waals surface area contributed by atoms with Gasteiger partial charge in [0.05, 0.1) is 6.61 Å². The van der Waals surface area contributed by atoms with Crippen LogP contribution in [0.1, 0.15) is 226 Å². The van der Waals surface area contributed by atoms with Crippen molar-refractivity contribution >= 4 is 23.9 Å². The number of carboxylic acids is 1. The molecule has 1 saturated heterocycles. The Bertz CT molecular complexity index is 1840. The molecule has 0 radical (unpaired) electrons. The second kappa shape index (κ2) is 53.7. The molecule has 12 nitrogen and oxygen atoms in total. The Balaban J connectivity index is 2.71. The van der Waals surface area contributed by atoms with E-state index >= 15 is 0 Å². The van der Waals surface area contributed by atoms with Gasteiger partial charge in [-0.2, -0.15) is 0 Å². The molecule has 0 aromatic carbocycles. The van der Waals surface area contributed by atoms with Gasteiger partial charge < -0.3 is 39.0 Å². The van der Waals surface area contributed by atoms with Crippen LogP contribution in [0.15, 0.2) is 122 Å². The van der Waals surface area contributed by atoms with Crippen molar-refractivity contribution in [3.63, 3.8) is 0 Å². The lowest BCUT2D eigenvalue weighted by Crippen LogP contribution is -2.61. The largest absolute Gasteiger partial charge is 0.479 e. The van der Waals surface area contributed by atoms with E-state index in [0.29, 0.717) is 19.3 Å². The maximum atomic E-state index is 13.1. The van der Waals surface area contributed by atoms with E-state index in [1.807, 2.05) is 12.2 Å². The van der Waals surface area contributed by atoms with Crippen LogP contribution in [0, 0.1) is 0 Å². The van der Waals surface area contributed by atoms with Crippen molar-refractivity contribution in [2.24, 2.45) is 0 Å². The SMILES string of the molecule is CC/C=C\C/C=C\C/C=C\C/C=C\C/C=C\C/C=C\CCC(=O)OCC(COC1OC(C(=O)O)C(O)C(O)C1OC(=O)CCCCCCCC/C=C\C/C=C\C/C=C\CCCCC)OC(=O)CCCCCCC/C=C\CCCC. The summed E-state index contributed by atoms with van der Waals surface area (Å²) in [5.74, 6) is -3.27. The van der Waals surface area contributed by atoms with Crippen LogP contribution in [-0.2, 0) is 42.9 Å². The number of aliphatic hydroxyl groups is 2. The molecule has 1 aliphatic rings. The number of esters is 3. The summed E-state index contributed by atoms with van der Waals surface area (Å²) in [7, 11) is 0. The first-order chi connectivity index (χ1) is 38.6. The summed E-state index contributed by atoms with van der Waals surface area (Å²) in [4.78, 5) is 51.1. The molecule has 1 aliphatic heterocycles. The lowest BCUT2D eigenvalue weighted by molar-refractivity contribution is -0.301. The van der Waals surface area contributed by atoms with Gasteiger partial charge in [0.1, 0.15) is 18.8 Å². The van der Waals surface area contributed by atoms with Crippen molar-refractivity contribution < 1.29 is 58.2 Å². The zero-order valence-corrected chi connectivity index (χ0v) is 49.1. The highest BCUT2D eigenvalue weighted by atomic mass is 16.7. The van der Waals surface area contributed by atoms with Crippen LogP contribution < -0.4 is 0 Å². The topological polar surface area (TPSA) is 175 Å². The number of rotatable bonds is 50. The Labute approximate surface area is 478 Å². The normalized spacial score (nSPS) is 18.7. The van der Waals surface area contributed by atoms with E-state index < -0.39 is 67.3 Å². The lowest BCUT2D eigenvalue weighted by Gasteiger charge is -2.40. The monoisotopic (exact) mass is 1100 g/mol. The Kier molecular flexibility index (Phi) is 49.1. The molecule has 0 aromatic heterocycles. The van der Waals surface area contributed by atoms with E-state index in [2.05, 4.69) is 130 Å². The number of ether oxygens (including phenoxy) is 5. The van der Waals surface area contributed by atoms with Gasteiger partial charge in [-0.1, -0.05) is 213 Å². The minimum Gasteiger partial charge on any atom is -0.479 e. The fourth-order valence-corrected chi connectivity index (χ4v) is 8.32. The number of hydrogen-bond acceptors (Lipinski definition) is 11. The van der Waals surface area contributed by atoms with Crippen LogP contribution in [-0.4, -0.2) is 89.2 Å². The molecule has 79 heavy (non-hydrogen) atoms. The van der Waals surface area contributed by atoms with Gasteiger partial charge >= 0.3 is 23.9 Å². The van der Waals surface area contributed by atoms with Crippen LogP contribution in [0.3, 0.4) is 0 Å². The zero-order chi connectivity index (χ0) is 57.5. The molecule has 12 heteroatoms. The average Bonchev–Trinajstić information content (AvgIpc) is 3.48. The smallest absolute Gasteiger partial charge is 0.335 e. The van der Waals surface area contributed by atoms with E-state index in [1.165, 1.54) is 32.1 Å². The predicted octanol–water partition coefficient (Wildman–Crippen LogP) is 16.0. The van der Waals surface area contributed by atoms with Gasteiger partial charge in [-0.15, -0.1) is 0 Å².